The Balaban J connectivity index is 3.17. The average molecular weight is 344 g/mol. The molecule has 0 amide bonds. The van der Waals surface area contributed by atoms with Gasteiger partial charge in [0.1, 0.15) is 5.75 Å². The van der Waals surface area contributed by atoms with E-state index in [0.29, 0.717) is 0 Å². The van der Waals surface area contributed by atoms with Crippen molar-refractivity contribution in [3.8, 4) is 5.75 Å². The Bertz CT molecular complexity index is 581. The van der Waals surface area contributed by atoms with Gasteiger partial charge in [-0.2, -0.15) is 13.1 Å². The van der Waals surface area contributed by atoms with Gasteiger partial charge in [0.25, 0.3) is 0 Å². The highest BCUT2D eigenvalue weighted by atomic mass is 35.5. The normalized spacial score (nSPS) is 12.4. The van der Waals surface area contributed by atoms with Crippen LogP contribution in [-0.2, 0) is 10.0 Å². The van der Waals surface area contributed by atoms with Crippen molar-refractivity contribution in [1.82, 2.24) is 4.31 Å². The SMILES string of the molecule is CC(C)N(CCO)S(=O)(=O)c1ccc(OC(F)F)c(Cl)c1. The molecular formula is C12H16ClF2NO4S. The number of halogens is 3. The Hall–Kier alpha value is -0.960. The van der Waals surface area contributed by atoms with E-state index in [0.717, 1.165) is 22.5 Å². The molecule has 120 valence electrons. The summed E-state index contributed by atoms with van der Waals surface area (Å²) in [7, 11) is -3.88. The average Bonchev–Trinajstić information content (AvgIpc) is 2.37. The number of hydrogen-bond donors (Lipinski definition) is 1. The molecule has 0 unspecified atom stereocenters. The van der Waals surface area contributed by atoms with Gasteiger partial charge in [0.2, 0.25) is 10.0 Å². The fourth-order valence-electron chi connectivity index (χ4n) is 1.72. The van der Waals surface area contributed by atoms with E-state index in [-0.39, 0.29) is 34.9 Å². The minimum atomic E-state index is -3.88. The lowest BCUT2D eigenvalue weighted by atomic mass is 10.3. The Morgan fingerprint density at radius 2 is 2.00 bits per heavy atom. The molecule has 0 saturated carbocycles. The third-order valence-electron chi connectivity index (χ3n) is 2.62. The number of benzene rings is 1. The van der Waals surface area contributed by atoms with Crippen LogP contribution in [0.2, 0.25) is 5.02 Å². The number of alkyl halides is 2. The Morgan fingerprint density at radius 3 is 2.43 bits per heavy atom. The number of aliphatic hydroxyl groups excluding tert-OH is 1. The quantitative estimate of drug-likeness (QED) is 0.825. The second kappa shape index (κ2) is 7.35. The van der Waals surface area contributed by atoms with Crippen LogP contribution in [0.4, 0.5) is 8.78 Å². The molecule has 0 saturated heterocycles. The topological polar surface area (TPSA) is 66.8 Å². The highest BCUT2D eigenvalue weighted by Crippen LogP contribution is 2.30. The fourth-order valence-corrected chi connectivity index (χ4v) is 3.67. The lowest BCUT2D eigenvalue weighted by molar-refractivity contribution is -0.0498. The number of nitrogens with zero attached hydrogens (tertiary/aromatic N) is 1. The van der Waals surface area contributed by atoms with Crippen molar-refractivity contribution in [2.75, 3.05) is 13.2 Å². The van der Waals surface area contributed by atoms with Crippen LogP contribution in [0.25, 0.3) is 0 Å². The van der Waals surface area contributed by atoms with Crippen molar-refractivity contribution in [2.45, 2.75) is 31.4 Å². The predicted molar refractivity (Wildman–Crippen MR) is 74.2 cm³/mol. The van der Waals surface area contributed by atoms with Crippen LogP contribution in [0.1, 0.15) is 13.8 Å². The molecule has 0 aliphatic carbocycles. The van der Waals surface area contributed by atoms with Gasteiger partial charge in [-0.05, 0) is 32.0 Å². The molecule has 0 aromatic heterocycles. The van der Waals surface area contributed by atoms with Crippen LogP contribution in [0.3, 0.4) is 0 Å². The maximum Gasteiger partial charge on any atom is 0.387 e. The lowest BCUT2D eigenvalue weighted by Gasteiger charge is -2.25. The van der Waals surface area contributed by atoms with Gasteiger partial charge in [-0.15, -0.1) is 0 Å². The molecule has 5 nitrogen and oxygen atoms in total. The summed E-state index contributed by atoms with van der Waals surface area (Å²) in [6, 6.07) is 2.87. The summed E-state index contributed by atoms with van der Waals surface area (Å²) in [5.74, 6) is -0.302. The smallest absolute Gasteiger partial charge is 0.387 e. The van der Waals surface area contributed by atoms with Crippen LogP contribution in [-0.4, -0.2) is 43.6 Å². The first kappa shape index (κ1) is 18.1. The summed E-state index contributed by atoms with van der Waals surface area (Å²) in [5.41, 5.74) is 0. The van der Waals surface area contributed by atoms with E-state index in [2.05, 4.69) is 4.74 Å². The molecule has 1 aromatic rings. The molecule has 9 heteroatoms. The van der Waals surface area contributed by atoms with Crippen LogP contribution in [0.5, 0.6) is 5.75 Å². The number of rotatable bonds is 7. The van der Waals surface area contributed by atoms with Crippen LogP contribution < -0.4 is 4.74 Å². The number of aliphatic hydroxyl groups is 1. The summed E-state index contributed by atoms with van der Waals surface area (Å²) in [6.07, 6.45) is 0. The largest absolute Gasteiger partial charge is 0.433 e. The van der Waals surface area contributed by atoms with Gasteiger partial charge < -0.3 is 9.84 Å². The molecule has 1 rings (SSSR count). The van der Waals surface area contributed by atoms with Gasteiger partial charge in [0.15, 0.2) is 0 Å². The zero-order valence-electron chi connectivity index (χ0n) is 11.5. The van der Waals surface area contributed by atoms with Crippen LogP contribution in [0.15, 0.2) is 23.1 Å². The second-order valence-corrected chi connectivity index (χ2v) is 6.70. The Morgan fingerprint density at radius 1 is 1.38 bits per heavy atom. The molecule has 0 radical (unpaired) electrons. The van der Waals surface area contributed by atoms with Gasteiger partial charge in [0.05, 0.1) is 16.5 Å². The molecule has 0 fully saturated rings. The summed E-state index contributed by atoms with van der Waals surface area (Å²) in [6.45, 7) is -0.150. The molecule has 21 heavy (non-hydrogen) atoms. The summed E-state index contributed by atoms with van der Waals surface area (Å²) in [4.78, 5) is -0.156. The Labute approximate surface area is 127 Å². The van der Waals surface area contributed by atoms with Crippen LogP contribution >= 0.6 is 11.6 Å². The van der Waals surface area contributed by atoms with Crippen molar-refractivity contribution < 1.29 is 27.0 Å². The van der Waals surface area contributed by atoms with Crippen molar-refractivity contribution >= 4 is 21.6 Å². The number of sulfonamides is 1. The summed E-state index contributed by atoms with van der Waals surface area (Å²) < 4.78 is 54.3. The molecular weight excluding hydrogens is 328 g/mol. The monoisotopic (exact) mass is 343 g/mol. The maximum atomic E-state index is 12.4. The van der Waals surface area contributed by atoms with Gasteiger partial charge in [-0.1, -0.05) is 11.6 Å². The van der Waals surface area contributed by atoms with Crippen molar-refractivity contribution in [3.05, 3.63) is 23.2 Å². The van der Waals surface area contributed by atoms with E-state index in [9.17, 15) is 17.2 Å². The molecule has 1 aromatic carbocycles. The van der Waals surface area contributed by atoms with Crippen molar-refractivity contribution in [3.63, 3.8) is 0 Å². The molecule has 0 bridgehead atoms. The van der Waals surface area contributed by atoms with E-state index in [4.69, 9.17) is 16.7 Å². The third-order valence-corrected chi connectivity index (χ3v) is 4.99. The molecule has 0 aliphatic rings. The highest BCUT2D eigenvalue weighted by molar-refractivity contribution is 7.89. The fraction of sp³-hybridized carbons (Fsp3) is 0.500. The molecule has 0 heterocycles. The summed E-state index contributed by atoms with van der Waals surface area (Å²) >= 11 is 5.75. The summed E-state index contributed by atoms with van der Waals surface area (Å²) in [5, 5.41) is 8.73. The first-order valence-electron chi connectivity index (χ1n) is 6.07. The van der Waals surface area contributed by atoms with E-state index in [1.54, 1.807) is 13.8 Å². The third kappa shape index (κ3) is 4.50. The van der Waals surface area contributed by atoms with E-state index >= 15 is 0 Å². The first-order valence-corrected chi connectivity index (χ1v) is 7.89. The molecule has 0 aliphatic heterocycles. The van der Waals surface area contributed by atoms with Gasteiger partial charge in [-0.3, -0.25) is 0 Å². The minimum absolute atomic E-state index is 0.0765. The maximum absolute atomic E-state index is 12.4. The molecule has 1 N–H and O–H groups in total. The predicted octanol–water partition coefficient (Wildman–Crippen LogP) is 2.33. The van der Waals surface area contributed by atoms with Gasteiger partial charge in [0, 0.05) is 12.6 Å². The lowest BCUT2D eigenvalue weighted by Crippen LogP contribution is -2.38. The zero-order valence-corrected chi connectivity index (χ0v) is 13.0. The van der Waals surface area contributed by atoms with Crippen LogP contribution in [0, 0.1) is 0 Å². The van der Waals surface area contributed by atoms with E-state index < -0.39 is 16.6 Å². The highest BCUT2D eigenvalue weighted by Gasteiger charge is 2.27. The number of hydrogen-bond acceptors (Lipinski definition) is 4. The zero-order chi connectivity index (χ0) is 16.2. The van der Waals surface area contributed by atoms with E-state index in [1.807, 2.05) is 0 Å². The standard InChI is InChI=1S/C12H16ClF2NO4S/c1-8(2)16(5-6-17)21(18,19)9-3-4-11(10(13)7-9)20-12(14)15/h3-4,7-8,12,17H,5-6H2,1-2H3. The first-order chi connectivity index (χ1) is 9.70. The van der Waals surface area contributed by atoms with E-state index in [1.165, 1.54) is 0 Å². The molecule has 0 atom stereocenters. The second-order valence-electron chi connectivity index (χ2n) is 4.40. The molecule has 0 spiro atoms. The van der Waals surface area contributed by atoms with Crippen molar-refractivity contribution in [2.24, 2.45) is 0 Å². The Kier molecular flexibility index (Phi) is 6.33. The van der Waals surface area contributed by atoms with Gasteiger partial charge >= 0.3 is 6.61 Å². The van der Waals surface area contributed by atoms with Gasteiger partial charge in [-0.25, -0.2) is 8.42 Å². The minimum Gasteiger partial charge on any atom is -0.433 e. The number of ether oxygens (including phenoxy) is 1. The van der Waals surface area contributed by atoms with Crippen molar-refractivity contribution in [1.29, 1.82) is 0 Å².